The first-order chi connectivity index (χ1) is 9.50. The molecular weight excluding hydrogens is 324 g/mol. The van der Waals surface area contributed by atoms with Crippen LogP contribution in [0.2, 0.25) is 0 Å². The Morgan fingerprint density at radius 3 is 2.50 bits per heavy atom. The van der Waals surface area contributed by atoms with Gasteiger partial charge in [0.2, 0.25) is 0 Å². The van der Waals surface area contributed by atoms with Crippen molar-refractivity contribution in [2.75, 3.05) is 11.9 Å². The molecule has 1 heterocycles. The number of para-hydroxylation sites is 1. The number of anilines is 1. The second kappa shape index (κ2) is 5.83. The summed E-state index contributed by atoms with van der Waals surface area (Å²) in [5, 5.41) is 8.92. The number of carbonyl (C=O) groups excluding carboxylic acids is 1. The molecular formula is C14H11BrN2O3. The van der Waals surface area contributed by atoms with Crippen LogP contribution in [0.3, 0.4) is 0 Å². The predicted octanol–water partition coefficient (Wildman–Crippen LogP) is 2.82. The largest absolute Gasteiger partial charge is 0.478 e. The standard InChI is InChI=1S/C14H11BrN2O3/c1-17(12-5-3-2-4-11(12)15)13(18)9-6-10(14(19)20)8-16-7-9/h2-8H,1H3,(H,19,20). The summed E-state index contributed by atoms with van der Waals surface area (Å²) in [5.41, 5.74) is 0.901. The van der Waals surface area contributed by atoms with Crippen LogP contribution in [-0.2, 0) is 0 Å². The first kappa shape index (κ1) is 14.2. The molecule has 0 radical (unpaired) electrons. The number of nitrogens with zero attached hydrogens (tertiary/aromatic N) is 2. The van der Waals surface area contributed by atoms with E-state index in [2.05, 4.69) is 20.9 Å². The smallest absolute Gasteiger partial charge is 0.337 e. The van der Waals surface area contributed by atoms with Gasteiger partial charge < -0.3 is 10.0 Å². The molecule has 1 amide bonds. The molecule has 6 heteroatoms. The Labute approximate surface area is 124 Å². The molecule has 0 aliphatic heterocycles. The molecule has 0 spiro atoms. The van der Waals surface area contributed by atoms with E-state index in [9.17, 15) is 9.59 Å². The van der Waals surface area contributed by atoms with Gasteiger partial charge in [-0.25, -0.2) is 4.79 Å². The van der Waals surface area contributed by atoms with Crippen LogP contribution in [0.4, 0.5) is 5.69 Å². The van der Waals surface area contributed by atoms with Gasteiger partial charge in [0.25, 0.3) is 5.91 Å². The predicted molar refractivity (Wildman–Crippen MR) is 78.1 cm³/mol. The molecule has 102 valence electrons. The van der Waals surface area contributed by atoms with Crippen LogP contribution in [-0.4, -0.2) is 29.0 Å². The van der Waals surface area contributed by atoms with Crippen molar-refractivity contribution in [1.82, 2.24) is 4.98 Å². The number of rotatable bonds is 3. The first-order valence-electron chi connectivity index (χ1n) is 5.71. The highest BCUT2D eigenvalue weighted by atomic mass is 79.9. The molecule has 20 heavy (non-hydrogen) atoms. The fraction of sp³-hybridized carbons (Fsp3) is 0.0714. The van der Waals surface area contributed by atoms with Crippen molar-refractivity contribution in [2.45, 2.75) is 0 Å². The third-order valence-corrected chi connectivity index (χ3v) is 3.42. The van der Waals surface area contributed by atoms with Gasteiger partial charge in [0, 0.05) is 23.9 Å². The van der Waals surface area contributed by atoms with Gasteiger partial charge in [-0.15, -0.1) is 0 Å². The van der Waals surface area contributed by atoms with Gasteiger partial charge in [0.15, 0.2) is 0 Å². The minimum atomic E-state index is -1.12. The molecule has 0 saturated carbocycles. The lowest BCUT2D eigenvalue weighted by Crippen LogP contribution is -2.26. The van der Waals surface area contributed by atoms with Crippen LogP contribution in [0, 0.1) is 0 Å². The van der Waals surface area contributed by atoms with Crippen LogP contribution in [0.25, 0.3) is 0 Å². The maximum absolute atomic E-state index is 12.3. The summed E-state index contributed by atoms with van der Waals surface area (Å²) >= 11 is 3.37. The second-order valence-electron chi connectivity index (χ2n) is 4.08. The molecule has 0 unspecified atom stereocenters. The molecule has 1 aromatic heterocycles. The number of carboxylic acid groups (broad SMARTS) is 1. The van der Waals surface area contributed by atoms with E-state index in [0.717, 1.165) is 4.47 Å². The second-order valence-corrected chi connectivity index (χ2v) is 4.94. The average molecular weight is 335 g/mol. The number of pyridine rings is 1. The Bertz CT molecular complexity index is 673. The van der Waals surface area contributed by atoms with Crippen molar-refractivity contribution in [3.8, 4) is 0 Å². The van der Waals surface area contributed by atoms with E-state index in [1.54, 1.807) is 13.1 Å². The number of carboxylic acids is 1. The summed E-state index contributed by atoms with van der Waals surface area (Å²) in [6.07, 6.45) is 2.56. The highest BCUT2D eigenvalue weighted by Gasteiger charge is 2.17. The Hall–Kier alpha value is -2.21. The number of carbonyl (C=O) groups is 2. The van der Waals surface area contributed by atoms with Gasteiger partial charge in [0.05, 0.1) is 16.8 Å². The number of aromatic nitrogens is 1. The third kappa shape index (κ3) is 2.85. The molecule has 2 rings (SSSR count). The molecule has 0 saturated heterocycles. The minimum absolute atomic E-state index is 0.0172. The van der Waals surface area contributed by atoms with Crippen molar-refractivity contribution in [3.05, 3.63) is 58.3 Å². The van der Waals surface area contributed by atoms with Gasteiger partial charge in [-0.3, -0.25) is 9.78 Å². The monoisotopic (exact) mass is 334 g/mol. The molecule has 0 aliphatic rings. The van der Waals surface area contributed by atoms with E-state index in [0.29, 0.717) is 5.69 Å². The number of hydrogen-bond donors (Lipinski definition) is 1. The quantitative estimate of drug-likeness (QED) is 0.936. The van der Waals surface area contributed by atoms with Crippen molar-refractivity contribution >= 4 is 33.5 Å². The fourth-order valence-electron chi connectivity index (χ4n) is 1.70. The Morgan fingerprint density at radius 2 is 1.85 bits per heavy atom. The summed E-state index contributed by atoms with van der Waals surface area (Å²) in [7, 11) is 1.62. The fourth-order valence-corrected chi connectivity index (χ4v) is 2.25. The summed E-state index contributed by atoms with van der Waals surface area (Å²) in [5.74, 6) is -1.44. The molecule has 5 nitrogen and oxygen atoms in total. The lowest BCUT2D eigenvalue weighted by molar-refractivity contribution is 0.0696. The lowest BCUT2D eigenvalue weighted by atomic mass is 10.2. The van der Waals surface area contributed by atoms with Crippen LogP contribution < -0.4 is 4.90 Å². The van der Waals surface area contributed by atoms with Gasteiger partial charge in [-0.1, -0.05) is 12.1 Å². The van der Waals surface area contributed by atoms with E-state index in [4.69, 9.17) is 5.11 Å². The minimum Gasteiger partial charge on any atom is -0.478 e. The summed E-state index contributed by atoms with van der Waals surface area (Å²) < 4.78 is 0.776. The molecule has 2 aromatic rings. The normalized spacial score (nSPS) is 10.1. The highest BCUT2D eigenvalue weighted by Crippen LogP contribution is 2.25. The average Bonchev–Trinajstić information content (AvgIpc) is 2.46. The van der Waals surface area contributed by atoms with Crippen LogP contribution in [0.5, 0.6) is 0 Å². The Kier molecular flexibility index (Phi) is 4.14. The number of aromatic carboxylic acids is 1. The summed E-state index contributed by atoms with van der Waals surface area (Å²) in [4.78, 5) is 28.5. The number of benzene rings is 1. The van der Waals surface area contributed by atoms with Gasteiger partial charge >= 0.3 is 5.97 Å². The van der Waals surface area contributed by atoms with Crippen LogP contribution in [0.1, 0.15) is 20.7 Å². The Morgan fingerprint density at radius 1 is 1.20 bits per heavy atom. The van der Waals surface area contributed by atoms with Crippen LogP contribution in [0.15, 0.2) is 47.2 Å². The Balaban J connectivity index is 2.34. The van der Waals surface area contributed by atoms with Crippen molar-refractivity contribution in [2.24, 2.45) is 0 Å². The van der Waals surface area contributed by atoms with E-state index in [1.165, 1.54) is 23.4 Å². The molecule has 1 N–H and O–H groups in total. The van der Waals surface area contributed by atoms with E-state index < -0.39 is 5.97 Å². The number of amides is 1. The van der Waals surface area contributed by atoms with Gasteiger partial charge in [0.1, 0.15) is 0 Å². The molecule has 0 aliphatic carbocycles. The number of halogens is 1. The lowest BCUT2D eigenvalue weighted by Gasteiger charge is -2.18. The van der Waals surface area contributed by atoms with Crippen molar-refractivity contribution in [1.29, 1.82) is 0 Å². The topological polar surface area (TPSA) is 70.5 Å². The number of hydrogen-bond acceptors (Lipinski definition) is 3. The molecule has 1 aromatic carbocycles. The summed E-state index contributed by atoms with van der Waals surface area (Å²) in [6, 6.07) is 8.58. The maximum Gasteiger partial charge on any atom is 0.337 e. The van der Waals surface area contributed by atoms with Gasteiger partial charge in [-0.05, 0) is 34.1 Å². The van der Waals surface area contributed by atoms with E-state index in [-0.39, 0.29) is 17.0 Å². The van der Waals surface area contributed by atoms with Crippen molar-refractivity contribution in [3.63, 3.8) is 0 Å². The van der Waals surface area contributed by atoms with Gasteiger partial charge in [-0.2, -0.15) is 0 Å². The van der Waals surface area contributed by atoms with Crippen LogP contribution >= 0.6 is 15.9 Å². The molecule has 0 fully saturated rings. The maximum atomic E-state index is 12.3. The zero-order valence-corrected chi connectivity index (χ0v) is 12.2. The highest BCUT2D eigenvalue weighted by molar-refractivity contribution is 9.10. The first-order valence-corrected chi connectivity index (χ1v) is 6.51. The zero-order valence-electron chi connectivity index (χ0n) is 10.6. The molecule has 0 atom stereocenters. The molecule has 0 bridgehead atoms. The third-order valence-electron chi connectivity index (χ3n) is 2.75. The van der Waals surface area contributed by atoms with E-state index >= 15 is 0 Å². The zero-order chi connectivity index (χ0) is 14.7. The SMILES string of the molecule is CN(C(=O)c1cncc(C(=O)O)c1)c1ccccc1Br. The summed E-state index contributed by atoms with van der Waals surface area (Å²) in [6.45, 7) is 0. The van der Waals surface area contributed by atoms with E-state index in [1.807, 2.05) is 18.2 Å². The van der Waals surface area contributed by atoms with Crippen molar-refractivity contribution < 1.29 is 14.7 Å².